The Labute approximate surface area is 95.0 Å². The minimum absolute atomic E-state index is 0.131. The second kappa shape index (κ2) is 5.21. The highest BCUT2D eigenvalue weighted by Crippen LogP contribution is 2.26. The predicted molar refractivity (Wildman–Crippen MR) is 61.8 cm³/mol. The van der Waals surface area contributed by atoms with Crippen LogP contribution in [0, 0.1) is 11.8 Å². The van der Waals surface area contributed by atoms with E-state index in [2.05, 4.69) is 5.32 Å². The van der Waals surface area contributed by atoms with Crippen LogP contribution in [0.5, 0.6) is 0 Å². The molecule has 3 unspecified atom stereocenters. The molecule has 2 N–H and O–H groups in total. The van der Waals surface area contributed by atoms with Crippen molar-refractivity contribution in [1.82, 2.24) is 5.32 Å². The molecule has 0 spiro atoms. The van der Waals surface area contributed by atoms with Crippen molar-refractivity contribution in [3.63, 3.8) is 0 Å². The van der Waals surface area contributed by atoms with Gasteiger partial charge in [0.1, 0.15) is 0 Å². The Balaban J connectivity index is 1.66. The van der Waals surface area contributed by atoms with Crippen LogP contribution in [0.4, 0.5) is 0 Å². The van der Waals surface area contributed by atoms with Crippen molar-refractivity contribution in [2.45, 2.75) is 31.8 Å². The van der Waals surface area contributed by atoms with Crippen LogP contribution in [-0.2, 0) is 4.79 Å². The quantitative estimate of drug-likeness (QED) is 0.759. The third-order valence-electron chi connectivity index (χ3n) is 3.38. The molecular formula is C11H19NO2S. The van der Waals surface area contributed by atoms with Gasteiger partial charge in [-0.25, -0.2) is 0 Å². The molecule has 4 heteroatoms. The second-order valence-corrected chi connectivity index (χ2v) is 5.79. The van der Waals surface area contributed by atoms with Crippen molar-refractivity contribution < 1.29 is 9.90 Å². The van der Waals surface area contributed by atoms with Gasteiger partial charge in [0.2, 0.25) is 5.91 Å². The van der Waals surface area contributed by atoms with Gasteiger partial charge in [-0.1, -0.05) is 0 Å². The third-order valence-corrected chi connectivity index (χ3v) is 4.54. The molecule has 1 saturated heterocycles. The zero-order chi connectivity index (χ0) is 10.7. The Morgan fingerprint density at radius 1 is 1.40 bits per heavy atom. The molecular weight excluding hydrogens is 210 g/mol. The summed E-state index contributed by atoms with van der Waals surface area (Å²) < 4.78 is 0. The Hall–Kier alpha value is -0.220. The minimum atomic E-state index is -0.131. The van der Waals surface area contributed by atoms with Crippen LogP contribution in [0.25, 0.3) is 0 Å². The van der Waals surface area contributed by atoms with Crippen LogP contribution in [0.3, 0.4) is 0 Å². The highest BCUT2D eigenvalue weighted by molar-refractivity contribution is 7.99. The number of thioether (sulfide) groups is 1. The lowest BCUT2D eigenvalue weighted by Crippen LogP contribution is -2.34. The van der Waals surface area contributed by atoms with Gasteiger partial charge in [0, 0.05) is 18.2 Å². The van der Waals surface area contributed by atoms with Crippen molar-refractivity contribution in [2.24, 2.45) is 11.8 Å². The molecule has 2 rings (SSSR count). The molecule has 1 amide bonds. The van der Waals surface area contributed by atoms with E-state index in [1.807, 2.05) is 11.8 Å². The number of hydrogen-bond acceptors (Lipinski definition) is 3. The SMILES string of the molecule is O=C(NCC1CCC(O)C1)C1CCSC1. The summed E-state index contributed by atoms with van der Waals surface area (Å²) in [6.07, 6.45) is 3.72. The summed E-state index contributed by atoms with van der Waals surface area (Å²) in [6.45, 7) is 0.761. The van der Waals surface area contributed by atoms with Crippen LogP contribution in [0.1, 0.15) is 25.7 Å². The number of hydrogen-bond donors (Lipinski definition) is 2. The zero-order valence-corrected chi connectivity index (χ0v) is 9.76. The minimum Gasteiger partial charge on any atom is -0.393 e. The topological polar surface area (TPSA) is 49.3 Å². The van der Waals surface area contributed by atoms with Crippen LogP contribution < -0.4 is 5.32 Å². The second-order valence-electron chi connectivity index (χ2n) is 4.64. The molecule has 0 aromatic carbocycles. The van der Waals surface area contributed by atoms with E-state index in [1.165, 1.54) is 0 Å². The first-order valence-electron chi connectivity index (χ1n) is 5.79. The smallest absolute Gasteiger partial charge is 0.223 e. The van der Waals surface area contributed by atoms with Crippen LogP contribution >= 0.6 is 11.8 Å². The molecule has 1 saturated carbocycles. The summed E-state index contributed by atoms with van der Waals surface area (Å²) in [4.78, 5) is 11.7. The molecule has 15 heavy (non-hydrogen) atoms. The summed E-state index contributed by atoms with van der Waals surface area (Å²) in [7, 11) is 0. The number of aliphatic hydroxyl groups excluding tert-OH is 1. The standard InChI is InChI=1S/C11H19NO2S/c13-10-2-1-8(5-10)6-12-11(14)9-3-4-15-7-9/h8-10,13H,1-7H2,(H,12,14). The van der Waals surface area contributed by atoms with Crippen LogP contribution in [-0.4, -0.2) is 35.2 Å². The number of carbonyl (C=O) groups excluding carboxylic acids is 1. The van der Waals surface area contributed by atoms with Crippen molar-refractivity contribution in [3.05, 3.63) is 0 Å². The lowest BCUT2D eigenvalue weighted by Gasteiger charge is -2.13. The molecule has 2 aliphatic rings. The Morgan fingerprint density at radius 2 is 2.27 bits per heavy atom. The molecule has 1 aliphatic carbocycles. The van der Waals surface area contributed by atoms with Crippen molar-refractivity contribution in [1.29, 1.82) is 0 Å². The van der Waals surface area contributed by atoms with Gasteiger partial charge in [0.25, 0.3) is 0 Å². The van der Waals surface area contributed by atoms with Gasteiger partial charge in [0.15, 0.2) is 0 Å². The summed E-state index contributed by atoms with van der Waals surface area (Å²) in [6, 6.07) is 0. The maximum atomic E-state index is 11.7. The molecule has 2 fully saturated rings. The highest BCUT2D eigenvalue weighted by atomic mass is 32.2. The van der Waals surface area contributed by atoms with E-state index < -0.39 is 0 Å². The Kier molecular flexibility index (Phi) is 3.92. The molecule has 1 aliphatic heterocycles. The lowest BCUT2D eigenvalue weighted by atomic mass is 10.1. The van der Waals surface area contributed by atoms with Gasteiger partial charge in [-0.15, -0.1) is 0 Å². The first-order valence-corrected chi connectivity index (χ1v) is 6.94. The molecule has 3 nitrogen and oxygen atoms in total. The fourth-order valence-electron chi connectivity index (χ4n) is 2.36. The van der Waals surface area contributed by atoms with Crippen LogP contribution in [0.15, 0.2) is 0 Å². The average Bonchev–Trinajstić information content (AvgIpc) is 2.84. The van der Waals surface area contributed by atoms with Gasteiger partial charge in [0.05, 0.1) is 6.10 Å². The number of amides is 1. The van der Waals surface area contributed by atoms with Gasteiger partial charge in [-0.05, 0) is 37.4 Å². The van der Waals surface area contributed by atoms with Crippen LogP contribution in [0.2, 0.25) is 0 Å². The summed E-state index contributed by atoms with van der Waals surface area (Å²) >= 11 is 1.87. The monoisotopic (exact) mass is 229 g/mol. The largest absolute Gasteiger partial charge is 0.393 e. The van der Waals surface area contributed by atoms with Gasteiger partial charge >= 0.3 is 0 Å². The number of rotatable bonds is 3. The normalized spacial score (nSPS) is 35.7. The fourth-order valence-corrected chi connectivity index (χ4v) is 3.58. The first-order chi connectivity index (χ1) is 7.25. The molecule has 0 radical (unpaired) electrons. The predicted octanol–water partition coefficient (Wildman–Crippen LogP) is 1.02. The maximum absolute atomic E-state index is 11.7. The van der Waals surface area contributed by atoms with E-state index in [-0.39, 0.29) is 17.9 Å². The van der Waals surface area contributed by atoms with Crippen molar-refractivity contribution in [3.8, 4) is 0 Å². The zero-order valence-electron chi connectivity index (χ0n) is 8.95. The van der Waals surface area contributed by atoms with E-state index in [9.17, 15) is 9.90 Å². The summed E-state index contributed by atoms with van der Waals surface area (Å²) in [5.74, 6) is 3.07. The molecule has 86 valence electrons. The van der Waals surface area contributed by atoms with Gasteiger partial charge in [-0.2, -0.15) is 11.8 Å². The molecule has 3 atom stereocenters. The van der Waals surface area contributed by atoms with E-state index in [1.54, 1.807) is 0 Å². The number of carbonyl (C=O) groups is 1. The summed E-state index contributed by atoms with van der Waals surface area (Å²) in [5, 5.41) is 12.4. The van der Waals surface area contributed by atoms with Crippen molar-refractivity contribution in [2.75, 3.05) is 18.1 Å². The Morgan fingerprint density at radius 3 is 2.87 bits per heavy atom. The third kappa shape index (κ3) is 3.11. The molecule has 1 heterocycles. The van der Waals surface area contributed by atoms with E-state index in [0.29, 0.717) is 5.92 Å². The first kappa shape index (κ1) is 11.3. The number of aliphatic hydroxyl groups is 1. The number of nitrogens with one attached hydrogen (secondary N) is 1. The summed E-state index contributed by atoms with van der Waals surface area (Å²) in [5.41, 5.74) is 0. The highest BCUT2D eigenvalue weighted by Gasteiger charge is 2.26. The van der Waals surface area contributed by atoms with Crippen molar-refractivity contribution >= 4 is 17.7 Å². The molecule has 0 aromatic rings. The molecule has 0 aromatic heterocycles. The molecule has 0 bridgehead atoms. The van der Waals surface area contributed by atoms with E-state index >= 15 is 0 Å². The lowest BCUT2D eigenvalue weighted by molar-refractivity contribution is -0.124. The van der Waals surface area contributed by atoms with E-state index in [0.717, 1.165) is 43.7 Å². The van der Waals surface area contributed by atoms with Gasteiger partial charge in [-0.3, -0.25) is 4.79 Å². The van der Waals surface area contributed by atoms with Gasteiger partial charge < -0.3 is 10.4 Å². The van der Waals surface area contributed by atoms with E-state index in [4.69, 9.17) is 0 Å². The maximum Gasteiger partial charge on any atom is 0.223 e. The Bertz CT molecular complexity index is 229. The average molecular weight is 229 g/mol. The fraction of sp³-hybridized carbons (Fsp3) is 0.909.